The van der Waals surface area contributed by atoms with Crippen LogP contribution >= 0.6 is 11.6 Å². The molecule has 2 rings (SSSR count). The van der Waals surface area contributed by atoms with Crippen LogP contribution in [0.5, 0.6) is 0 Å². The summed E-state index contributed by atoms with van der Waals surface area (Å²) in [5, 5.41) is 11.4. The summed E-state index contributed by atoms with van der Waals surface area (Å²) >= 11 is 6.33. The third-order valence-corrected chi connectivity index (χ3v) is 4.44. The Morgan fingerprint density at radius 2 is 1.55 bits per heavy atom. The summed E-state index contributed by atoms with van der Waals surface area (Å²) in [6.45, 7) is 8.15. The fraction of sp³-hybridized carbons (Fsp3) is 0.333. The fourth-order valence-electron chi connectivity index (χ4n) is 2.43. The maximum Gasteiger partial charge on any atom is 0.0895 e. The number of halogens is 1. The van der Waals surface area contributed by atoms with Crippen LogP contribution in [0.2, 0.25) is 5.02 Å². The van der Waals surface area contributed by atoms with Crippen molar-refractivity contribution < 1.29 is 5.11 Å². The van der Waals surface area contributed by atoms with Gasteiger partial charge in [0, 0.05) is 16.0 Å². The number of aliphatic hydroxyl groups excluding tert-OH is 1. The molecule has 0 spiro atoms. The first-order chi connectivity index (χ1) is 9.34. The molecule has 0 aliphatic heterocycles. The van der Waals surface area contributed by atoms with Gasteiger partial charge in [0.2, 0.25) is 0 Å². The van der Waals surface area contributed by atoms with Gasteiger partial charge >= 0.3 is 0 Å². The Hall–Kier alpha value is -1.31. The highest BCUT2D eigenvalue weighted by Gasteiger charge is 2.32. The number of rotatable bonds is 3. The van der Waals surface area contributed by atoms with Crippen LogP contribution in [0, 0.1) is 13.8 Å². The van der Waals surface area contributed by atoms with Crippen LogP contribution in [0.3, 0.4) is 0 Å². The van der Waals surface area contributed by atoms with E-state index < -0.39 is 11.5 Å². The van der Waals surface area contributed by atoms with Crippen molar-refractivity contribution in [2.45, 2.75) is 39.2 Å². The van der Waals surface area contributed by atoms with Gasteiger partial charge in [-0.1, -0.05) is 61.8 Å². The Bertz CT molecular complexity index is 602. The molecule has 1 N–H and O–H groups in total. The Labute approximate surface area is 126 Å². The Morgan fingerprint density at radius 1 is 1.00 bits per heavy atom. The molecule has 0 aliphatic rings. The van der Waals surface area contributed by atoms with Crippen LogP contribution in [-0.4, -0.2) is 5.11 Å². The van der Waals surface area contributed by atoms with E-state index >= 15 is 0 Å². The minimum absolute atomic E-state index is 0.396. The number of aliphatic hydroxyl groups is 1. The second-order valence-corrected chi connectivity index (χ2v) is 6.36. The van der Waals surface area contributed by atoms with E-state index in [0.717, 1.165) is 22.3 Å². The maximum atomic E-state index is 10.8. The van der Waals surface area contributed by atoms with Gasteiger partial charge < -0.3 is 5.11 Å². The third-order valence-electron chi connectivity index (χ3n) is 4.11. The van der Waals surface area contributed by atoms with E-state index in [4.69, 9.17) is 11.6 Å². The molecular formula is C18H21ClO. The van der Waals surface area contributed by atoms with E-state index in [2.05, 4.69) is 0 Å². The molecule has 0 aliphatic carbocycles. The molecule has 0 fully saturated rings. The van der Waals surface area contributed by atoms with Gasteiger partial charge in [-0.05, 0) is 36.6 Å². The monoisotopic (exact) mass is 288 g/mol. The summed E-state index contributed by atoms with van der Waals surface area (Å²) in [5.74, 6) is 0. The van der Waals surface area contributed by atoms with Crippen molar-refractivity contribution in [1.29, 1.82) is 0 Å². The Balaban J connectivity index is 2.45. The molecule has 2 aromatic rings. The third kappa shape index (κ3) is 2.74. The van der Waals surface area contributed by atoms with Crippen LogP contribution in [0.1, 0.15) is 42.2 Å². The van der Waals surface area contributed by atoms with Crippen molar-refractivity contribution in [2.75, 3.05) is 0 Å². The lowest BCUT2D eigenvalue weighted by Gasteiger charge is -2.32. The first kappa shape index (κ1) is 15.1. The second kappa shape index (κ2) is 5.59. The van der Waals surface area contributed by atoms with E-state index in [-0.39, 0.29) is 0 Å². The number of aryl methyl sites for hydroxylation is 2. The zero-order valence-corrected chi connectivity index (χ0v) is 13.2. The highest BCUT2D eigenvalue weighted by atomic mass is 35.5. The zero-order chi connectivity index (χ0) is 14.9. The lowest BCUT2D eigenvalue weighted by molar-refractivity contribution is 0.100. The molecule has 0 bridgehead atoms. The predicted octanol–water partition coefficient (Wildman–Crippen LogP) is 4.97. The van der Waals surface area contributed by atoms with Gasteiger partial charge in [0.05, 0.1) is 6.10 Å². The zero-order valence-electron chi connectivity index (χ0n) is 12.4. The van der Waals surface area contributed by atoms with Gasteiger partial charge in [-0.3, -0.25) is 0 Å². The minimum Gasteiger partial charge on any atom is -0.387 e. The van der Waals surface area contributed by atoms with Gasteiger partial charge in [-0.15, -0.1) is 0 Å². The summed E-state index contributed by atoms with van der Waals surface area (Å²) in [6.07, 6.45) is -0.642. The average molecular weight is 289 g/mol. The standard InChI is InChI=1S/C18H21ClO/c1-12-10-15(16(19)11-13(12)2)17(20)18(3,4)14-8-6-5-7-9-14/h5-11,17,20H,1-4H3. The van der Waals surface area contributed by atoms with Crippen molar-refractivity contribution in [3.05, 3.63) is 69.7 Å². The molecule has 2 heteroatoms. The van der Waals surface area contributed by atoms with Crippen LogP contribution in [-0.2, 0) is 5.41 Å². The Morgan fingerprint density at radius 3 is 2.15 bits per heavy atom. The molecule has 20 heavy (non-hydrogen) atoms. The molecule has 1 nitrogen and oxygen atoms in total. The van der Waals surface area contributed by atoms with Gasteiger partial charge in [-0.2, -0.15) is 0 Å². The summed E-state index contributed by atoms with van der Waals surface area (Å²) in [5.41, 5.74) is 3.79. The molecule has 2 aromatic carbocycles. The first-order valence-corrected chi connectivity index (χ1v) is 7.22. The quantitative estimate of drug-likeness (QED) is 0.845. The van der Waals surface area contributed by atoms with Gasteiger partial charge in [0.15, 0.2) is 0 Å². The van der Waals surface area contributed by atoms with Gasteiger partial charge in [0.1, 0.15) is 0 Å². The second-order valence-electron chi connectivity index (χ2n) is 5.95. The molecule has 1 unspecified atom stereocenters. The van der Waals surface area contributed by atoms with Gasteiger partial charge in [0.25, 0.3) is 0 Å². The number of benzene rings is 2. The van der Waals surface area contributed by atoms with Crippen LogP contribution < -0.4 is 0 Å². The van der Waals surface area contributed by atoms with E-state index in [1.54, 1.807) is 0 Å². The maximum absolute atomic E-state index is 10.8. The molecule has 0 amide bonds. The number of hydrogen-bond donors (Lipinski definition) is 1. The van der Waals surface area contributed by atoms with E-state index in [1.807, 2.05) is 70.2 Å². The summed E-state index contributed by atoms with van der Waals surface area (Å²) in [6, 6.07) is 14.0. The molecule has 0 heterocycles. The van der Waals surface area contributed by atoms with Crippen LogP contribution in [0.25, 0.3) is 0 Å². The normalized spacial score (nSPS) is 13.3. The molecule has 0 saturated heterocycles. The minimum atomic E-state index is -0.642. The van der Waals surface area contributed by atoms with E-state index in [0.29, 0.717) is 5.02 Å². The van der Waals surface area contributed by atoms with Crippen LogP contribution in [0.15, 0.2) is 42.5 Å². The largest absolute Gasteiger partial charge is 0.387 e. The first-order valence-electron chi connectivity index (χ1n) is 6.84. The molecule has 0 aromatic heterocycles. The van der Waals surface area contributed by atoms with Crippen molar-refractivity contribution >= 4 is 11.6 Å². The molecule has 1 atom stereocenters. The predicted molar refractivity (Wildman–Crippen MR) is 85.4 cm³/mol. The van der Waals surface area contributed by atoms with Crippen molar-refractivity contribution in [3.8, 4) is 0 Å². The summed E-state index contributed by atoms with van der Waals surface area (Å²) in [7, 11) is 0. The average Bonchev–Trinajstić information content (AvgIpc) is 2.43. The highest BCUT2D eigenvalue weighted by molar-refractivity contribution is 6.31. The smallest absolute Gasteiger partial charge is 0.0895 e. The Kier molecular flexibility index (Phi) is 4.22. The van der Waals surface area contributed by atoms with Crippen LogP contribution in [0.4, 0.5) is 0 Å². The van der Waals surface area contributed by atoms with E-state index in [1.165, 1.54) is 0 Å². The summed E-state index contributed by atoms with van der Waals surface area (Å²) in [4.78, 5) is 0. The van der Waals surface area contributed by atoms with Crippen molar-refractivity contribution in [1.82, 2.24) is 0 Å². The van der Waals surface area contributed by atoms with E-state index in [9.17, 15) is 5.11 Å². The molecule has 0 saturated carbocycles. The van der Waals surface area contributed by atoms with Crippen molar-refractivity contribution in [3.63, 3.8) is 0 Å². The molecular weight excluding hydrogens is 268 g/mol. The SMILES string of the molecule is Cc1cc(Cl)c(C(O)C(C)(C)c2ccccc2)cc1C. The van der Waals surface area contributed by atoms with Crippen molar-refractivity contribution in [2.24, 2.45) is 0 Å². The fourth-order valence-corrected chi connectivity index (χ4v) is 2.75. The molecule has 106 valence electrons. The molecule has 0 radical (unpaired) electrons. The highest BCUT2D eigenvalue weighted by Crippen LogP contribution is 2.40. The lowest BCUT2D eigenvalue weighted by atomic mass is 9.76. The van der Waals surface area contributed by atoms with Gasteiger partial charge in [-0.25, -0.2) is 0 Å². The topological polar surface area (TPSA) is 20.2 Å². The summed E-state index contributed by atoms with van der Waals surface area (Å²) < 4.78 is 0. The lowest BCUT2D eigenvalue weighted by Crippen LogP contribution is -2.27. The number of hydrogen-bond acceptors (Lipinski definition) is 1.